The third kappa shape index (κ3) is 6.62. The fourth-order valence-corrected chi connectivity index (χ4v) is 8.94. The molecule has 294 valence electrons. The zero-order valence-electron chi connectivity index (χ0n) is 34.1. The van der Waals surface area contributed by atoms with Crippen LogP contribution in [0.2, 0.25) is 0 Å². The summed E-state index contributed by atoms with van der Waals surface area (Å²) in [4.78, 5) is 15.7. The third-order valence-electron chi connectivity index (χ3n) is 12.1. The minimum Gasteiger partial charge on any atom is -0.455 e. The van der Waals surface area contributed by atoms with Gasteiger partial charge in [0.25, 0.3) is 0 Å². The smallest absolute Gasteiger partial charge is 0.160 e. The zero-order chi connectivity index (χ0) is 41.7. The first-order chi connectivity index (χ1) is 31.2. The molecule has 3 heterocycles. The van der Waals surface area contributed by atoms with Crippen molar-refractivity contribution in [2.45, 2.75) is 0 Å². The molecule has 0 saturated heterocycles. The van der Waals surface area contributed by atoms with E-state index < -0.39 is 0 Å². The molecule has 12 aromatic rings. The fraction of sp³-hybridized carbons (Fsp3) is 0. The number of fused-ring (bicyclic) bond motifs is 7. The minimum absolute atomic E-state index is 0.668. The van der Waals surface area contributed by atoms with Crippen LogP contribution < -0.4 is 0 Å². The molecule has 0 aliphatic heterocycles. The maximum atomic E-state index is 6.58. The Balaban J connectivity index is 0.946. The van der Waals surface area contributed by atoms with E-state index in [-0.39, 0.29) is 0 Å². The van der Waals surface area contributed by atoms with Gasteiger partial charge in [-0.25, -0.2) is 15.0 Å². The Kier molecular flexibility index (Phi) is 8.79. The van der Waals surface area contributed by atoms with E-state index in [4.69, 9.17) is 19.4 Å². The number of benzene rings is 9. The Hall–Kier alpha value is -8.47. The van der Waals surface area contributed by atoms with Gasteiger partial charge in [0.1, 0.15) is 11.2 Å². The van der Waals surface area contributed by atoms with Crippen molar-refractivity contribution in [3.63, 3.8) is 0 Å². The molecule has 0 N–H and O–H groups in total. The second kappa shape index (κ2) is 15.2. The summed E-state index contributed by atoms with van der Waals surface area (Å²) in [5, 5.41) is 5.45. The van der Waals surface area contributed by atoms with E-state index in [0.29, 0.717) is 5.82 Å². The van der Waals surface area contributed by atoms with Crippen LogP contribution in [0, 0.1) is 0 Å². The van der Waals surface area contributed by atoms with Crippen molar-refractivity contribution in [2.24, 2.45) is 0 Å². The van der Waals surface area contributed by atoms with Crippen LogP contribution in [0.1, 0.15) is 0 Å². The lowest BCUT2D eigenvalue weighted by atomic mass is 9.95. The molecule has 0 bridgehead atoms. The summed E-state index contributed by atoms with van der Waals surface area (Å²) in [5.74, 6) is 0.668. The molecule has 0 radical (unpaired) electrons. The van der Waals surface area contributed by atoms with E-state index in [2.05, 4.69) is 194 Å². The largest absolute Gasteiger partial charge is 0.455 e. The lowest BCUT2D eigenvalue weighted by Gasteiger charge is -2.13. The van der Waals surface area contributed by atoms with Crippen LogP contribution in [0.5, 0.6) is 0 Å². The van der Waals surface area contributed by atoms with E-state index in [1.807, 2.05) is 30.3 Å². The lowest BCUT2D eigenvalue weighted by Crippen LogP contribution is -1.96. The fourth-order valence-electron chi connectivity index (χ4n) is 8.94. The van der Waals surface area contributed by atoms with Gasteiger partial charge in [0.2, 0.25) is 0 Å². The van der Waals surface area contributed by atoms with Crippen molar-refractivity contribution < 1.29 is 4.42 Å². The minimum atomic E-state index is 0.668. The highest BCUT2D eigenvalue weighted by Gasteiger charge is 2.18. The first kappa shape index (κ1) is 36.4. The van der Waals surface area contributed by atoms with Gasteiger partial charge in [-0.3, -0.25) is 0 Å². The summed E-state index contributed by atoms with van der Waals surface area (Å²) in [6, 6.07) is 78.5. The maximum absolute atomic E-state index is 6.58. The van der Waals surface area contributed by atoms with Gasteiger partial charge in [0.15, 0.2) is 5.82 Å². The van der Waals surface area contributed by atoms with Crippen molar-refractivity contribution >= 4 is 43.6 Å². The first-order valence-electron chi connectivity index (χ1n) is 21.2. The van der Waals surface area contributed by atoms with E-state index in [0.717, 1.165) is 116 Å². The number of rotatable bonds is 7. The molecule has 0 spiro atoms. The van der Waals surface area contributed by atoms with Gasteiger partial charge < -0.3 is 4.42 Å². The standard InChI is InChI=1S/C59H37N3O/c1-3-14-38(15-4-1)42-18-11-21-45(34-42)53-37-54(46-22-12-19-43(35-46)39-16-5-2-6-17-39)62-59(61-53)41-30-28-40(29-31-41)44-20-13-23-47(36-44)57-51-33-32-49-48-24-8-10-27-55(48)63-58(49)56(51)50-25-7-9-26-52(50)60-57/h1-37H. The molecular formula is C59H37N3O. The number of hydrogen-bond donors (Lipinski definition) is 0. The quantitative estimate of drug-likeness (QED) is 0.151. The molecule has 63 heavy (non-hydrogen) atoms. The lowest BCUT2D eigenvalue weighted by molar-refractivity contribution is 0.673. The number of pyridine rings is 1. The first-order valence-corrected chi connectivity index (χ1v) is 21.2. The molecule has 9 aromatic carbocycles. The van der Waals surface area contributed by atoms with Gasteiger partial charge in [-0.1, -0.05) is 182 Å². The van der Waals surface area contributed by atoms with Gasteiger partial charge in [0, 0.05) is 49.2 Å². The molecule has 0 atom stereocenters. The highest BCUT2D eigenvalue weighted by atomic mass is 16.3. The number of furan rings is 1. The second-order valence-electron chi connectivity index (χ2n) is 16.0. The maximum Gasteiger partial charge on any atom is 0.160 e. The molecule has 4 nitrogen and oxygen atoms in total. The summed E-state index contributed by atoms with van der Waals surface area (Å²) in [6.07, 6.45) is 0. The Bertz CT molecular complexity index is 3570. The third-order valence-corrected chi connectivity index (χ3v) is 12.1. The van der Waals surface area contributed by atoms with Crippen LogP contribution in [0.25, 0.3) is 122 Å². The van der Waals surface area contributed by atoms with Gasteiger partial charge in [-0.2, -0.15) is 0 Å². The second-order valence-corrected chi connectivity index (χ2v) is 16.0. The van der Waals surface area contributed by atoms with E-state index >= 15 is 0 Å². The van der Waals surface area contributed by atoms with Crippen LogP contribution >= 0.6 is 0 Å². The van der Waals surface area contributed by atoms with Crippen molar-refractivity contribution in [3.8, 4) is 78.5 Å². The monoisotopic (exact) mass is 803 g/mol. The summed E-state index contributed by atoms with van der Waals surface area (Å²) in [5.41, 5.74) is 16.2. The Morgan fingerprint density at radius 3 is 1.41 bits per heavy atom. The number of para-hydroxylation sites is 2. The van der Waals surface area contributed by atoms with Crippen molar-refractivity contribution in [1.29, 1.82) is 0 Å². The average molecular weight is 804 g/mol. The van der Waals surface area contributed by atoms with E-state index in [1.54, 1.807) is 0 Å². The molecule has 0 fully saturated rings. The van der Waals surface area contributed by atoms with E-state index in [9.17, 15) is 0 Å². The van der Waals surface area contributed by atoms with Crippen LogP contribution in [-0.4, -0.2) is 15.0 Å². The number of aromatic nitrogens is 3. The normalized spacial score (nSPS) is 11.5. The summed E-state index contributed by atoms with van der Waals surface area (Å²) < 4.78 is 6.58. The zero-order valence-corrected chi connectivity index (χ0v) is 34.1. The molecular weight excluding hydrogens is 767 g/mol. The molecule has 12 rings (SSSR count). The highest BCUT2D eigenvalue weighted by molar-refractivity contribution is 6.24. The highest BCUT2D eigenvalue weighted by Crippen LogP contribution is 2.41. The summed E-state index contributed by atoms with van der Waals surface area (Å²) in [7, 11) is 0. The van der Waals surface area contributed by atoms with Crippen molar-refractivity contribution in [3.05, 3.63) is 224 Å². The SMILES string of the molecule is c1ccc(-c2cccc(-c3cc(-c4cccc(-c5ccccc5)c4)nc(-c4ccc(-c5cccc(-c6nc7ccccc7c7c6ccc6c8ccccc8oc67)c5)cc4)n3)c2)cc1. The van der Waals surface area contributed by atoms with Crippen molar-refractivity contribution in [1.82, 2.24) is 15.0 Å². The molecule has 0 aliphatic rings. The summed E-state index contributed by atoms with van der Waals surface area (Å²) >= 11 is 0. The topological polar surface area (TPSA) is 51.8 Å². The molecule has 0 unspecified atom stereocenters. The Morgan fingerprint density at radius 2 is 0.762 bits per heavy atom. The Labute approximate surface area is 364 Å². The van der Waals surface area contributed by atoms with Gasteiger partial charge in [-0.05, 0) is 75.8 Å². The summed E-state index contributed by atoms with van der Waals surface area (Å²) in [6.45, 7) is 0. The van der Waals surface area contributed by atoms with Crippen LogP contribution in [0.15, 0.2) is 229 Å². The van der Waals surface area contributed by atoms with Gasteiger partial charge in [0.05, 0.1) is 22.6 Å². The van der Waals surface area contributed by atoms with Gasteiger partial charge in [-0.15, -0.1) is 0 Å². The van der Waals surface area contributed by atoms with Crippen LogP contribution in [0.4, 0.5) is 0 Å². The Morgan fingerprint density at radius 1 is 0.286 bits per heavy atom. The van der Waals surface area contributed by atoms with E-state index in [1.165, 1.54) is 0 Å². The predicted octanol–water partition coefficient (Wildman–Crippen LogP) is 15.7. The number of hydrogen-bond acceptors (Lipinski definition) is 4. The number of nitrogens with zero attached hydrogens (tertiary/aromatic N) is 3. The molecule has 0 amide bonds. The molecule has 0 saturated carbocycles. The average Bonchev–Trinajstić information content (AvgIpc) is 3.76. The van der Waals surface area contributed by atoms with Gasteiger partial charge >= 0.3 is 0 Å². The molecule has 0 aliphatic carbocycles. The molecule has 4 heteroatoms. The van der Waals surface area contributed by atoms with Crippen LogP contribution in [0.3, 0.4) is 0 Å². The van der Waals surface area contributed by atoms with Crippen LogP contribution in [-0.2, 0) is 0 Å². The van der Waals surface area contributed by atoms with Crippen molar-refractivity contribution in [2.75, 3.05) is 0 Å². The molecule has 3 aromatic heterocycles. The predicted molar refractivity (Wildman–Crippen MR) is 260 cm³/mol.